The minimum atomic E-state index is -0.498. The van der Waals surface area contributed by atoms with Crippen LogP contribution in [0, 0.1) is 5.41 Å². The summed E-state index contributed by atoms with van der Waals surface area (Å²) in [4.78, 5) is 26.7. The summed E-state index contributed by atoms with van der Waals surface area (Å²) in [5.41, 5.74) is 4.19. The van der Waals surface area contributed by atoms with E-state index < -0.39 is 5.92 Å². The van der Waals surface area contributed by atoms with Gasteiger partial charge in [0.05, 0.1) is 0 Å². The first kappa shape index (κ1) is 20.4. The van der Waals surface area contributed by atoms with Gasteiger partial charge in [-0.3, -0.25) is 9.59 Å². The molecule has 2 aliphatic rings. The second kappa shape index (κ2) is 7.77. The molecular weight excluding hydrogens is 396 g/mol. The highest BCUT2D eigenvalue weighted by atomic mass is 35.5. The van der Waals surface area contributed by atoms with Crippen LogP contribution in [0.5, 0.6) is 0 Å². The summed E-state index contributed by atoms with van der Waals surface area (Å²) < 4.78 is 0. The van der Waals surface area contributed by atoms with Gasteiger partial charge in [0.1, 0.15) is 0 Å². The molecule has 2 aromatic carbocycles. The minimum absolute atomic E-state index is 0.0659. The van der Waals surface area contributed by atoms with Crippen molar-refractivity contribution in [3.63, 3.8) is 0 Å². The van der Waals surface area contributed by atoms with Crippen molar-refractivity contribution in [1.29, 1.82) is 0 Å². The maximum Gasteiger partial charge on any atom is 0.254 e. The van der Waals surface area contributed by atoms with Crippen LogP contribution in [-0.4, -0.2) is 11.7 Å². The number of ketones is 1. The molecule has 2 N–H and O–H groups in total. The molecule has 1 aliphatic carbocycles. The van der Waals surface area contributed by atoms with E-state index in [1.165, 1.54) is 0 Å². The molecule has 1 unspecified atom stereocenters. The molecule has 1 heterocycles. The molecule has 1 atom stereocenters. The molecule has 1 aliphatic heterocycles. The van der Waals surface area contributed by atoms with E-state index in [9.17, 15) is 9.59 Å². The highest BCUT2D eigenvalue weighted by molar-refractivity contribution is 6.31. The van der Waals surface area contributed by atoms with E-state index in [0.29, 0.717) is 28.3 Å². The molecule has 0 spiro atoms. The highest BCUT2D eigenvalue weighted by Gasteiger charge is 2.43. The van der Waals surface area contributed by atoms with Crippen LogP contribution in [-0.2, 0) is 9.59 Å². The van der Waals surface area contributed by atoms with Crippen LogP contribution >= 0.6 is 11.6 Å². The number of allylic oxidation sites excluding steroid dienone is 3. The summed E-state index contributed by atoms with van der Waals surface area (Å²) in [6, 6.07) is 16.8. The monoisotopic (exact) mass is 420 g/mol. The Labute approximate surface area is 182 Å². The van der Waals surface area contributed by atoms with E-state index in [-0.39, 0.29) is 17.1 Å². The quantitative estimate of drug-likeness (QED) is 0.681. The second-order valence-electron chi connectivity index (χ2n) is 8.77. The van der Waals surface area contributed by atoms with E-state index in [1.54, 1.807) is 6.07 Å². The summed E-state index contributed by atoms with van der Waals surface area (Å²) in [7, 11) is 0. The summed E-state index contributed by atoms with van der Waals surface area (Å²) in [6.07, 6.45) is 1.20. The van der Waals surface area contributed by atoms with Gasteiger partial charge in [-0.1, -0.05) is 61.8 Å². The fourth-order valence-electron chi connectivity index (χ4n) is 4.48. The number of hydrogen-bond donors (Lipinski definition) is 2. The number of carbonyl (C=O) groups excluding carboxylic acids is 2. The van der Waals surface area contributed by atoms with Gasteiger partial charge in [0.15, 0.2) is 5.78 Å². The van der Waals surface area contributed by atoms with Crippen molar-refractivity contribution >= 4 is 29.0 Å². The van der Waals surface area contributed by atoms with Gasteiger partial charge in [-0.05, 0) is 42.5 Å². The Balaban J connectivity index is 1.84. The third-order valence-electron chi connectivity index (χ3n) is 5.73. The molecule has 2 aromatic rings. The predicted molar refractivity (Wildman–Crippen MR) is 120 cm³/mol. The van der Waals surface area contributed by atoms with Gasteiger partial charge in [-0.2, -0.15) is 0 Å². The third-order valence-corrected chi connectivity index (χ3v) is 6.08. The third kappa shape index (κ3) is 3.80. The Kier molecular flexibility index (Phi) is 5.29. The molecule has 4 nitrogen and oxygen atoms in total. The number of para-hydroxylation sites is 1. The second-order valence-corrected chi connectivity index (χ2v) is 9.18. The summed E-state index contributed by atoms with van der Waals surface area (Å²) in [6.45, 7) is 6.08. The van der Waals surface area contributed by atoms with Crippen molar-refractivity contribution in [3.8, 4) is 0 Å². The van der Waals surface area contributed by atoms with Crippen molar-refractivity contribution in [2.75, 3.05) is 5.32 Å². The number of anilines is 1. The lowest BCUT2D eigenvalue weighted by Crippen LogP contribution is -2.39. The zero-order valence-corrected chi connectivity index (χ0v) is 18.1. The van der Waals surface area contributed by atoms with E-state index >= 15 is 0 Å². The maximum atomic E-state index is 13.4. The van der Waals surface area contributed by atoms with Crippen LogP contribution in [0.1, 0.15) is 45.1 Å². The van der Waals surface area contributed by atoms with E-state index in [2.05, 4.69) is 24.5 Å². The van der Waals surface area contributed by atoms with Gasteiger partial charge in [-0.15, -0.1) is 0 Å². The zero-order chi connectivity index (χ0) is 21.5. The molecule has 0 bridgehead atoms. The molecule has 30 heavy (non-hydrogen) atoms. The van der Waals surface area contributed by atoms with Crippen LogP contribution in [0.3, 0.4) is 0 Å². The molecule has 0 aromatic heterocycles. The molecule has 0 saturated carbocycles. The normalized spacial score (nSPS) is 20.5. The Morgan fingerprint density at radius 2 is 1.73 bits per heavy atom. The van der Waals surface area contributed by atoms with Crippen molar-refractivity contribution < 1.29 is 9.59 Å². The fraction of sp³-hybridized carbons (Fsp3) is 0.280. The van der Waals surface area contributed by atoms with Crippen LogP contribution in [0.2, 0.25) is 5.02 Å². The molecule has 0 radical (unpaired) electrons. The summed E-state index contributed by atoms with van der Waals surface area (Å²) in [5.74, 6) is -0.668. The fourth-order valence-corrected chi connectivity index (χ4v) is 4.72. The van der Waals surface area contributed by atoms with E-state index in [1.807, 2.05) is 55.5 Å². The van der Waals surface area contributed by atoms with Crippen molar-refractivity contribution in [3.05, 3.63) is 87.7 Å². The Morgan fingerprint density at radius 3 is 2.43 bits per heavy atom. The predicted octanol–water partition coefficient (Wildman–Crippen LogP) is 5.58. The number of nitrogens with one attached hydrogen (secondary N) is 2. The van der Waals surface area contributed by atoms with E-state index in [4.69, 9.17) is 11.6 Å². The first-order chi connectivity index (χ1) is 14.3. The number of Topliss-reactive ketones (excluding diaryl/α,β-unsaturated/α-hetero) is 1. The van der Waals surface area contributed by atoms with Crippen LogP contribution in [0.4, 0.5) is 5.69 Å². The number of halogens is 1. The highest BCUT2D eigenvalue weighted by Crippen LogP contribution is 2.47. The molecule has 4 rings (SSSR count). The smallest absolute Gasteiger partial charge is 0.254 e. The Bertz CT molecular complexity index is 1080. The zero-order valence-electron chi connectivity index (χ0n) is 17.4. The lowest BCUT2D eigenvalue weighted by atomic mass is 9.68. The van der Waals surface area contributed by atoms with Gasteiger partial charge in [0, 0.05) is 45.6 Å². The number of hydrogen-bond acceptors (Lipinski definition) is 3. The van der Waals surface area contributed by atoms with Gasteiger partial charge >= 0.3 is 0 Å². The number of rotatable bonds is 3. The largest absolute Gasteiger partial charge is 0.362 e. The maximum absolute atomic E-state index is 13.4. The summed E-state index contributed by atoms with van der Waals surface area (Å²) >= 11 is 6.56. The van der Waals surface area contributed by atoms with Crippen molar-refractivity contribution in [2.45, 2.75) is 39.5 Å². The SMILES string of the molecule is CC1=C(C(=O)Nc2ccccc2)C(c2ccccc2Cl)C2=C(CC(C)(C)CC2=O)N1. The average molecular weight is 421 g/mol. The minimum Gasteiger partial charge on any atom is -0.362 e. The molecular formula is C25H25ClN2O2. The topological polar surface area (TPSA) is 58.2 Å². The Hall–Kier alpha value is -2.85. The van der Waals surface area contributed by atoms with Gasteiger partial charge in [0.2, 0.25) is 0 Å². The lowest BCUT2D eigenvalue weighted by Gasteiger charge is -2.39. The molecule has 1 amide bonds. The van der Waals surface area contributed by atoms with Gasteiger partial charge in [0.25, 0.3) is 5.91 Å². The average Bonchev–Trinajstić information content (AvgIpc) is 2.67. The molecule has 0 saturated heterocycles. The van der Waals surface area contributed by atoms with Crippen LogP contribution in [0.15, 0.2) is 77.1 Å². The summed E-state index contributed by atoms with van der Waals surface area (Å²) in [5, 5.41) is 6.90. The number of benzene rings is 2. The first-order valence-electron chi connectivity index (χ1n) is 10.1. The molecule has 5 heteroatoms. The van der Waals surface area contributed by atoms with Gasteiger partial charge < -0.3 is 10.6 Å². The number of amides is 1. The number of dihydropyridines is 1. The Morgan fingerprint density at radius 1 is 1.07 bits per heavy atom. The molecule has 154 valence electrons. The number of carbonyl (C=O) groups is 2. The van der Waals surface area contributed by atoms with Crippen molar-refractivity contribution in [1.82, 2.24) is 5.32 Å². The standard InChI is InChI=1S/C25H25ClN2O2/c1-15-21(24(30)28-16-9-5-4-6-10-16)22(17-11-7-8-12-18(17)26)23-19(27-15)13-25(2,3)14-20(23)29/h4-12,22,27H,13-14H2,1-3H3,(H,28,30). The van der Waals surface area contributed by atoms with Gasteiger partial charge in [-0.25, -0.2) is 0 Å². The van der Waals surface area contributed by atoms with Crippen LogP contribution < -0.4 is 10.6 Å². The molecule has 0 fully saturated rings. The van der Waals surface area contributed by atoms with E-state index in [0.717, 1.165) is 23.4 Å². The van der Waals surface area contributed by atoms with Crippen LogP contribution in [0.25, 0.3) is 0 Å². The lowest BCUT2D eigenvalue weighted by molar-refractivity contribution is -0.118. The first-order valence-corrected chi connectivity index (χ1v) is 10.5. The van der Waals surface area contributed by atoms with Crippen molar-refractivity contribution in [2.24, 2.45) is 5.41 Å².